The smallest absolute Gasteiger partial charge is 0.112 e. The summed E-state index contributed by atoms with van der Waals surface area (Å²) in [6, 6.07) is 0. The largest absolute Gasteiger partial charge is 0.378 e. The molecule has 2 heterocycles. The molecule has 1 aliphatic rings. The van der Waals surface area contributed by atoms with Crippen molar-refractivity contribution in [2.75, 3.05) is 6.54 Å². The van der Waals surface area contributed by atoms with Gasteiger partial charge in [-0.05, 0) is 19.8 Å². The van der Waals surface area contributed by atoms with Crippen LogP contribution in [-0.2, 0) is 13.0 Å². The monoisotopic (exact) mass is 237 g/mol. The zero-order valence-corrected chi connectivity index (χ0v) is 11.2. The quantitative estimate of drug-likeness (QED) is 0.783. The van der Waals surface area contributed by atoms with Crippen LogP contribution in [0.15, 0.2) is 0 Å². The lowest BCUT2D eigenvalue weighted by atomic mass is 9.93. The lowest BCUT2D eigenvalue weighted by molar-refractivity contribution is -0.0745. The molecule has 1 unspecified atom stereocenters. The average Bonchev–Trinajstić information content (AvgIpc) is 2.50. The van der Waals surface area contributed by atoms with E-state index in [2.05, 4.69) is 42.8 Å². The predicted molar refractivity (Wildman–Crippen MR) is 67.5 cm³/mol. The van der Waals surface area contributed by atoms with Crippen LogP contribution in [0.25, 0.3) is 0 Å². The van der Waals surface area contributed by atoms with Crippen molar-refractivity contribution in [3.05, 3.63) is 17.0 Å². The van der Waals surface area contributed by atoms with Crippen molar-refractivity contribution < 1.29 is 5.11 Å². The number of hydrogen-bond donors (Lipinski definition) is 2. The minimum Gasteiger partial charge on any atom is -0.378 e. The minimum absolute atomic E-state index is 0.109. The molecule has 0 radical (unpaired) electrons. The third-order valence-corrected chi connectivity index (χ3v) is 3.50. The number of rotatable bonds is 1. The fourth-order valence-corrected chi connectivity index (χ4v) is 2.41. The number of aliphatic hydroxyl groups excluding tert-OH is 1. The second kappa shape index (κ2) is 4.42. The predicted octanol–water partition coefficient (Wildman–Crippen LogP) is 1.83. The number of H-pyrrole nitrogens is 1. The van der Waals surface area contributed by atoms with Gasteiger partial charge in [-0.1, -0.05) is 20.8 Å². The van der Waals surface area contributed by atoms with Gasteiger partial charge in [-0.25, -0.2) is 0 Å². The molecule has 0 aromatic carbocycles. The maximum absolute atomic E-state index is 10.4. The maximum Gasteiger partial charge on any atom is 0.112 e. The van der Waals surface area contributed by atoms with Crippen LogP contribution in [0.5, 0.6) is 0 Å². The molecule has 2 N–H and O–H groups in total. The van der Waals surface area contributed by atoms with Gasteiger partial charge in [-0.15, -0.1) is 0 Å². The number of nitrogens with zero attached hydrogens (tertiary/aromatic N) is 2. The van der Waals surface area contributed by atoms with Crippen LogP contribution in [0, 0.1) is 12.3 Å². The number of fused-ring (bicyclic) bond motifs is 1. The molecule has 0 saturated heterocycles. The van der Waals surface area contributed by atoms with Gasteiger partial charge in [-0.3, -0.25) is 10.00 Å². The van der Waals surface area contributed by atoms with E-state index in [0.29, 0.717) is 0 Å². The third-order valence-electron chi connectivity index (χ3n) is 3.50. The summed E-state index contributed by atoms with van der Waals surface area (Å²) in [6.45, 7) is 10.0. The fourth-order valence-electron chi connectivity index (χ4n) is 2.41. The molecule has 0 bridgehead atoms. The van der Waals surface area contributed by atoms with E-state index in [9.17, 15) is 5.11 Å². The van der Waals surface area contributed by atoms with Crippen molar-refractivity contribution in [2.45, 2.75) is 53.3 Å². The topological polar surface area (TPSA) is 52.2 Å². The van der Waals surface area contributed by atoms with Crippen molar-refractivity contribution in [3.63, 3.8) is 0 Å². The second-order valence-corrected chi connectivity index (χ2v) is 6.09. The Hall–Kier alpha value is -0.870. The molecule has 0 amide bonds. The minimum atomic E-state index is -0.400. The molecule has 1 aliphatic heterocycles. The number of aryl methyl sites for hydroxylation is 2. The molecular weight excluding hydrogens is 214 g/mol. The van der Waals surface area contributed by atoms with Crippen LogP contribution in [-0.4, -0.2) is 33.0 Å². The number of aliphatic hydroxyl groups is 1. The maximum atomic E-state index is 10.4. The Morgan fingerprint density at radius 3 is 2.76 bits per heavy atom. The summed E-state index contributed by atoms with van der Waals surface area (Å²) in [5.41, 5.74) is 3.47. The first kappa shape index (κ1) is 12.6. The third kappa shape index (κ3) is 2.53. The van der Waals surface area contributed by atoms with E-state index in [-0.39, 0.29) is 5.41 Å². The van der Waals surface area contributed by atoms with Crippen molar-refractivity contribution in [1.82, 2.24) is 15.1 Å². The van der Waals surface area contributed by atoms with Crippen LogP contribution in [0.3, 0.4) is 0 Å². The Morgan fingerprint density at radius 1 is 1.41 bits per heavy atom. The van der Waals surface area contributed by atoms with Crippen LogP contribution >= 0.6 is 0 Å². The van der Waals surface area contributed by atoms with E-state index in [1.54, 1.807) is 0 Å². The molecule has 96 valence electrons. The van der Waals surface area contributed by atoms with Gasteiger partial charge >= 0.3 is 0 Å². The summed E-state index contributed by atoms with van der Waals surface area (Å²) in [7, 11) is 0. The summed E-state index contributed by atoms with van der Waals surface area (Å²) < 4.78 is 0. The van der Waals surface area contributed by atoms with Gasteiger partial charge in [-0.2, -0.15) is 5.10 Å². The molecule has 0 spiro atoms. The SMILES string of the molecule is Cc1[nH]nc2c1CN(C(O)C(C)(C)C)CCC2. The molecule has 4 heteroatoms. The molecule has 2 rings (SSSR count). The molecule has 1 aromatic rings. The highest BCUT2D eigenvalue weighted by Gasteiger charge is 2.30. The number of aromatic nitrogens is 2. The van der Waals surface area contributed by atoms with E-state index in [0.717, 1.165) is 31.6 Å². The van der Waals surface area contributed by atoms with E-state index in [4.69, 9.17) is 0 Å². The van der Waals surface area contributed by atoms with E-state index >= 15 is 0 Å². The summed E-state index contributed by atoms with van der Waals surface area (Å²) in [4.78, 5) is 2.16. The lowest BCUT2D eigenvalue weighted by Gasteiger charge is -2.35. The van der Waals surface area contributed by atoms with Gasteiger partial charge in [0.1, 0.15) is 6.23 Å². The van der Waals surface area contributed by atoms with Crippen molar-refractivity contribution in [2.24, 2.45) is 5.41 Å². The highest BCUT2D eigenvalue weighted by Crippen LogP contribution is 2.27. The zero-order chi connectivity index (χ0) is 12.6. The summed E-state index contributed by atoms with van der Waals surface area (Å²) >= 11 is 0. The Morgan fingerprint density at radius 2 is 2.12 bits per heavy atom. The van der Waals surface area contributed by atoms with Crippen LogP contribution in [0.2, 0.25) is 0 Å². The van der Waals surface area contributed by atoms with Crippen molar-refractivity contribution >= 4 is 0 Å². The standard InChI is InChI=1S/C13H23N3O/c1-9-10-8-16(12(17)13(2,3)4)7-5-6-11(10)15-14-9/h12,17H,5-8H2,1-4H3,(H,14,15). The summed E-state index contributed by atoms with van der Waals surface area (Å²) in [5.74, 6) is 0. The van der Waals surface area contributed by atoms with E-state index in [1.165, 1.54) is 11.3 Å². The highest BCUT2D eigenvalue weighted by atomic mass is 16.3. The molecule has 0 aliphatic carbocycles. The van der Waals surface area contributed by atoms with Gasteiger partial charge in [0.2, 0.25) is 0 Å². The van der Waals surface area contributed by atoms with Crippen molar-refractivity contribution in [3.8, 4) is 0 Å². The zero-order valence-electron chi connectivity index (χ0n) is 11.2. The normalized spacial score (nSPS) is 19.8. The van der Waals surface area contributed by atoms with Gasteiger partial charge in [0.15, 0.2) is 0 Å². The average molecular weight is 237 g/mol. The van der Waals surface area contributed by atoms with Gasteiger partial charge < -0.3 is 5.11 Å². The fraction of sp³-hybridized carbons (Fsp3) is 0.769. The Kier molecular flexibility index (Phi) is 3.27. The number of aromatic amines is 1. The first-order valence-electron chi connectivity index (χ1n) is 6.34. The van der Waals surface area contributed by atoms with Gasteiger partial charge in [0, 0.05) is 29.8 Å². The van der Waals surface area contributed by atoms with Crippen LogP contribution < -0.4 is 0 Å². The van der Waals surface area contributed by atoms with E-state index < -0.39 is 6.23 Å². The molecule has 17 heavy (non-hydrogen) atoms. The summed E-state index contributed by atoms with van der Waals surface area (Å²) in [5, 5.41) is 17.8. The Labute approximate surface area is 103 Å². The number of hydrogen-bond acceptors (Lipinski definition) is 3. The first-order chi connectivity index (χ1) is 7.89. The molecule has 0 saturated carbocycles. The lowest BCUT2D eigenvalue weighted by Crippen LogP contribution is -2.43. The molecule has 4 nitrogen and oxygen atoms in total. The van der Waals surface area contributed by atoms with Gasteiger partial charge in [0.25, 0.3) is 0 Å². The van der Waals surface area contributed by atoms with Crippen LogP contribution in [0.4, 0.5) is 0 Å². The second-order valence-electron chi connectivity index (χ2n) is 6.09. The van der Waals surface area contributed by atoms with E-state index in [1.807, 2.05) is 0 Å². The summed E-state index contributed by atoms with van der Waals surface area (Å²) in [6.07, 6.45) is 1.67. The highest BCUT2D eigenvalue weighted by molar-refractivity contribution is 5.25. The molecule has 1 atom stereocenters. The molecule has 1 aromatic heterocycles. The molecular formula is C13H23N3O. The number of nitrogens with one attached hydrogen (secondary N) is 1. The van der Waals surface area contributed by atoms with Gasteiger partial charge in [0.05, 0.1) is 5.69 Å². The van der Waals surface area contributed by atoms with Crippen molar-refractivity contribution in [1.29, 1.82) is 0 Å². The van der Waals surface area contributed by atoms with Crippen LogP contribution in [0.1, 0.15) is 44.1 Å². The Balaban J connectivity index is 2.20. The first-order valence-corrected chi connectivity index (χ1v) is 6.34. The molecule has 0 fully saturated rings. The Bertz CT molecular complexity index is 392.